The number of nitrogens with one attached hydrogen (secondary N) is 2. The number of carbonyl (C=O) groups is 2. The average Bonchev–Trinajstić information content (AvgIpc) is 3.29. The maximum Gasteiger partial charge on any atom is 0.328 e. The third-order valence-corrected chi connectivity index (χ3v) is 4.91. The lowest BCUT2D eigenvalue weighted by atomic mass is 9.97. The molecule has 1 amide bonds. The highest BCUT2D eigenvalue weighted by Gasteiger charge is 2.24. The standard InChI is InChI=1S/C21H19ClFN5O3/c1-24-18(21(30)31)10-15(26-20(29)19-11-25-28-27-19)8-12-2-4-13(5-3-12)16-9-14(22)6-7-17(16)23/h2-7,9,11,15,18H,1,8,10H2,(H,26,29)(H,30,31)(H,25,27,28)/t15-,18-/m1/s1. The van der Waals surface area contributed by atoms with Crippen molar-refractivity contribution in [2.75, 3.05) is 0 Å². The van der Waals surface area contributed by atoms with Gasteiger partial charge in [-0.15, -0.1) is 0 Å². The van der Waals surface area contributed by atoms with Crippen LogP contribution in [0.3, 0.4) is 0 Å². The van der Waals surface area contributed by atoms with E-state index >= 15 is 0 Å². The molecular formula is C21H19ClFN5O3. The zero-order valence-corrected chi connectivity index (χ0v) is 17.0. The molecule has 0 aliphatic heterocycles. The SMILES string of the molecule is C=N[C@H](C[C@@H](Cc1ccc(-c2cc(Cl)ccc2F)cc1)NC(=O)c1cn[nH]n1)C(=O)O. The number of aliphatic carboxylic acids is 1. The van der Waals surface area contributed by atoms with E-state index in [0.29, 0.717) is 22.6 Å². The van der Waals surface area contributed by atoms with Gasteiger partial charge in [0.05, 0.1) is 6.20 Å². The molecule has 0 aliphatic rings. The Morgan fingerprint density at radius 2 is 2.00 bits per heavy atom. The summed E-state index contributed by atoms with van der Waals surface area (Å²) in [6, 6.07) is 9.71. The first-order valence-corrected chi connectivity index (χ1v) is 9.64. The predicted molar refractivity (Wildman–Crippen MR) is 114 cm³/mol. The average molecular weight is 444 g/mol. The first-order valence-electron chi connectivity index (χ1n) is 9.27. The van der Waals surface area contributed by atoms with Gasteiger partial charge in [-0.2, -0.15) is 15.4 Å². The quantitative estimate of drug-likeness (QED) is 0.439. The Balaban J connectivity index is 1.79. The number of carboxylic acid groups (broad SMARTS) is 1. The highest BCUT2D eigenvalue weighted by atomic mass is 35.5. The topological polar surface area (TPSA) is 120 Å². The molecule has 160 valence electrons. The second kappa shape index (κ2) is 9.94. The Kier molecular flexibility index (Phi) is 7.09. The third-order valence-electron chi connectivity index (χ3n) is 4.67. The van der Waals surface area contributed by atoms with E-state index in [1.54, 1.807) is 30.3 Å². The van der Waals surface area contributed by atoms with Crippen molar-refractivity contribution >= 4 is 30.2 Å². The Bertz CT molecular complexity index is 1070. The van der Waals surface area contributed by atoms with E-state index in [-0.39, 0.29) is 12.1 Å². The number of aromatic amines is 1. The number of hydrogen-bond acceptors (Lipinski definition) is 5. The van der Waals surface area contributed by atoms with Gasteiger partial charge in [-0.25, -0.2) is 9.18 Å². The second-order valence-electron chi connectivity index (χ2n) is 6.82. The first kappa shape index (κ1) is 22.1. The number of H-pyrrole nitrogens is 1. The van der Waals surface area contributed by atoms with Crippen molar-refractivity contribution in [1.29, 1.82) is 0 Å². The molecular weight excluding hydrogens is 425 g/mol. The van der Waals surface area contributed by atoms with Gasteiger partial charge in [0, 0.05) is 23.0 Å². The molecule has 10 heteroatoms. The molecule has 0 saturated heterocycles. The van der Waals surface area contributed by atoms with Gasteiger partial charge < -0.3 is 10.4 Å². The monoisotopic (exact) mass is 443 g/mol. The highest BCUT2D eigenvalue weighted by molar-refractivity contribution is 6.30. The molecule has 0 fully saturated rings. The Morgan fingerprint density at radius 3 is 2.61 bits per heavy atom. The molecule has 31 heavy (non-hydrogen) atoms. The summed E-state index contributed by atoms with van der Waals surface area (Å²) in [5, 5.41) is 22.1. The van der Waals surface area contributed by atoms with Gasteiger partial charge in [0.2, 0.25) is 0 Å². The molecule has 0 spiro atoms. The van der Waals surface area contributed by atoms with Crippen LogP contribution in [-0.4, -0.2) is 51.2 Å². The van der Waals surface area contributed by atoms with Gasteiger partial charge in [0.1, 0.15) is 11.9 Å². The number of rotatable bonds is 9. The Morgan fingerprint density at radius 1 is 1.26 bits per heavy atom. The number of nitrogens with zero attached hydrogens (tertiary/aromatic N) is 3. The molecule has 0 aliphatic carbocycles. The van der Waals surface area contributed by atoms with Crippen molar-refractivity contribution in [2.24, 2.45) is 4.99 Å². The molecule has 2 atom stereocenters. The molecule has 8 nitrogen and oxygen atoms in total. The van der Waals surface area contributed by atoms with Crippen LogP contribution in [0.1, 0.15) is 22.5 Å². The van der Waals surface area contributed by atoms with Crippen LogP contribution in [0.15, 0.2) is 53.7 Å². The van der Waals surface area contributed by atoms with Crippen molar-refractivity contribution in [1.82, 2.24) is 20.7 Å². The molecule has 3 N–H and O–H groups in total. The summed E-state index contributed by atoms with van der Waals surface area (Å²) < 4.78 is 14.1. The molecule has 1 heterocycles. The van der Waals surface area contributed by atoms with E-state index in [0.717, 1.165) is 5.56 Å². The van der Waals surface area contributed by atoms with E-state index in [4.69, 9.17) is 11.6 Å². The van der Waals surface area contributed by atoms with Crippen LogP contribution in [0.25, 0.3) is 11.1 Å². The fourth-order valence-corrected chi connectivity index (χ4v) is 3.28. The lowest BCUT2D eigenvalue weighted by Gasteiger charge is -2.20. The summed E-state index contributed by atoms with van der Waals surface area (Å²) in [7, 11) is 0. The van der Waals surface area contributed by atoms with E-state index in [1.165, 1.54) is 18.3 Å². The van der Waals surface area contributed by atoms with E-state index in [1.807, 2.05) is 0 Å². The molecule has 0 radical (unpaired) electrons. The second-order valence-corrected chi connectivity index (χ2v) is 7.26. The van der Waals surface area contributed by atoms with Crippen molar-refractivity contribution in [2.45, 2.75) is 24.9 Å². The maximum absolute atomic E-state index is 14.1. The number of halogens is 2. The number of benzene rings is 2. The van der Waals surface area contributed by atoms with Gasteiger partial charge in [0.25, 0.3) is 5.91 Å². The Labute approximate surface area is 182 Å². The molecule has 3 rings (SSSR count). The minimum absolute atomic E-state index is 0.0348. The number of aliphatic imine (C=N–C) groups is 1. The lowest BCUT2D eigenvalue weighted by molar-refractivity contribution is -0.138. The van der Waals surface area contributed by atoms with Gasteiger partial charge in [-0.05, 0) is 42.5 Å². The van der Waals surface area contributed by atoms with Crippen molar-refractivity contribution < 1.29 is 19.1 Å². The molecule has 0 bridgehead atoms. The van der Waals surface area contributed by atoms with Crippen LogP contribution in [0.2, 0.25) is 5.02 Å². The zero-order valence-electron chi connectivity index (χ0n) is 16.3. The normalized spacial score (nSPS) is 12.7. The predicted octanol–water partition coefficient (Wildman–Crippen LogP) is 3.15. The minimum atomic E-state index is -1.14. The van der Waals surface area contributed by atoms with Crippen LogP contribution >= 0.6 is 11.6 Å². The van der Waals surface area contributed by atoms with Crippen LogP contribution in [0.4, 0.5) is 4.39 Å². The van der Waals surface area contributed by atoms with Gasteiger partial charge in [0.15, 0.2) is 5.69 Å². The summed E-state index contributed by atoms with van der Waals surface area (Å²) >= 11 is 5.96. The van der Waals surface area contributed by atoms with E-state index < -0.39 is 29.8 Å². The number of amides is 1. The number of hydrogen-bond donors (Lipinski definition) is 3. The van der Waals surface area contributed by atoms with Crippen LogP contribution in [-0.2, 0) is 11.2 Å². The number of aromatic nitrogens is 3. The van der Waals surface area contributed by atoms with Crippen LogP contribution in [0, 0.1) is 5.82 Å². The third kappa shape index (κ3) is 5.73. The highest BCUT2D eigenvalue weighted by Crippen LogP contribution is 2.26. The molecule has 1 aromatic heterocycles. The molecule has 0 unspecified atom stereocenters. The zero-order chi connectivity index (χ0) is 22.4. The number of carboxylic acids is 1. The molecule has 3 aromatic rings. The van der Waals surface area contributed by atoms with E-state index in [9.17, 15) is 19.1 Å². The summed E-state index contributed by atoms with van der Waals surface area (Å²) in [6.45, 7) is 3.31. The minimum Gasteiger partial charge on any atom is -0.480 e. The smallest absolute Gasteiger partial charge is 0.328 e. The molecule has 2 aromatic carbocycles. The van der Waals surface area contributed by atoms with Crippen LogP contribution < -0.4 is 5.32 Å². The fraction of sp³-hybridized carbons (Fsp3) is 0.190. The summed E-state index contributed by atoms with van der Waals surface area (Å²) in [5.74, 6) is -2.02. The lowest BCUT2D eigenvalue weighted by Crippen LogP contribution is -2.40. The number of carbonyl (C=O) groups excluding carboxylic acids is 1. The maximum atomic E-state index is 14.1. The van der Waals surface area contributed by atoms with Gasteiger partial charge >= 0.3 is 5.97 Å². The Hall–Kier alpha value is -3.59. The summed E-state index contributed by atoms with van der Waals surface area (Å²) in [4.78, 5) is 27.4. The summed E-state index contributed by atoms with van der Waals surface area (Å²) in [6.07, 6.45) is 1.62. The van der Waals surface area contributed by atoms with Gasteiger partial charge in [-0.1, -0.05) is 35.9 Å². The van der Waals surface area contributed by atoms with Gasteiger partial charge in [-0.3, -0.25) is 9.79 Å². The van der Waals surface area contributed by atoms with Crippen LogP contribution in [0.5, 0.6) is 0 Å². The fourth-order valence-electron chi connectivity index (χ4n) is 3.11. The van der Waals surface area contributed by atoms with Crippen molar-refractivity contribution in [3.8, 4) is 11.1 Å². The first-order chi connectivity index (χ1) is 14.9. The molecule has 0 saturated carbocycles. The van der Waals surface area contributed by atoms with E-state index in [2.05, 4.69) is 32.4 Å². The van der Waals surface area contributed by atoms with Crippen molar-refractivity contribution in [3.05, 3.63) is 70.8 Å². The summed E-state index contributed by atoms with van der Waals surface area (Å²) in [5.41, 5.74) is 1.90. The van der Waals surface area contributed by atoms with Crippen molar-refractivity contribution in [3.63, 3.8) is 0 Å². The largest absolute Gasteiger partial charge is 0.480 e.